The smallest absolute Gasteiger partial charge is 0.0326 e. The van der Waals surface area contributed by atoms with Crippen LogP contribution in [-0.2, 0) is 0 Å². The van der Waals surface area contributed by atoms with Gasteiger partial charge in [0.25, 0.3) is 0 Å². The molecule has 0 aliphatic heterocycles. The van der Waals surface area contributed by atoms with Crippen LogP contribution >= 0.6 is 25.7 Å². The lowest BCUT2D eigenvalue weighted by atomic mass is 10.1. The Morgan fingerprint density at radius 3 is 0.641 bits per heavy atom. The molecule has 0 amide bonds. The maximum Gasteiger partial charge on any atom is -0.0326 e. The minimum Gasteiger partial charge on any atom is -0.153 e. The summed E-state index contributed by atoms with van der Waals surface area (Å²) in [6.07, 6.45) is 44.5. The van der Waals surface area contributed by atoms with Crippen LogP contribution in [0.25, 0.3) is 0 Å². The molecule has 0 N–H and O–H groups in total. The molecule has 0 aromatic heterocycles. The SMILES string of the molecule is CCCCCCCCP(CCCCCCCC)CCCCCCCC.CCCCP(CCCC)CCCC.P. The molecule has 1 atom stereocenters. The average Bonchev–Trinajstić information content (AvgIpc) is 2.93. The molecule has 0 fully saturated rings. The van der Waals surface area contributed by atoms with E-state index in [4.69, 9.17) is 0 Å². The summed E-state index contributed by atoms with van der Waals surface area (Å²) in [5, 5.41) is 0. The van der Waals surface area contributed by atoms with E-state index in [-0.39, 0.29) is 9.90 Å². The summed E-state index contributed by atoms with van der Waals surface area (Å²) in [5.41, 5.74) is 0. The Labute approximate surface area is 257 Å². The second kappa shape index (κ2) is 41.4. The van der Waals surface area contributed by atoms with Crippen LogP contribution in [0.4, 0.5) is 0 Å². The van der Waals surface area contributed by atoms with E-state index in [1.165, 1.54) is 154 Å². The molecule has 0 aliphatic carbocycles. The van der Waals surface area contributed by atoms with E-state index in [1.54, 1.807) is 37.0 Å². The minimum absolute atomic E-state index is 0. The van der Waals surface area contributed by atoms with Crippen molar-refractivity contribution in [3.8, 4) is 0 Å². The Morgan fingerprint density at radius 1 is 0.231 bits per heavy atom. The van der Waals surface area contributed by atoms with Crippen molar-refractivity contribution >= 4 is 25.7 Å². The summed E-state index contributed by atoms with van der Waals surface area (Å²) < 4.78 is 0. The molecule has 0 spiro atoms. The predicted molar refractivity (Wildman–Crippen MR) is 199 cm³/mol. The van der Waals surface area contributed by atoms with Gasteiger partial charge >= 0.3 is 0 Å². The van der Waals surface area contributed by atoms with Gasteiger partial charge in [-0.25, -0.2) is 0 Å². The van der Waals surface area contributed by atoms with Gasteiger partial charge in [0.15, 0.2) is 0 Å². The first-order valence-electron chi connectivity index (χ1n) is 18.1. The Morgan fingerprint density at radius 2 is 0.410 bits per heavy atom. The minimum atomic E-state index is 0. The summed E-state index contributed by atoms with van der Waals surface area (Å²) in [6.45, 7) is 13.9. The van der Waals surface area contributed by atoms with Crippen LogP contribution in [0.5, 0.6) is 0 Å². The largest absolute Gasteiger partial charge is 0.153 e. The van der Waals surface area contributed by atoms with Gasteiger partial charge in [-0.2, -0.15) is 9.90 Å². The molecular weight excluding hydrogens is 525 g/mol. The van der Waals surface area contributed by atoms with Crippen molar-refractivity contribution in [3.63, 3.8) is 0 Å². The zero-order chi connectivity index (χ0) is 28.4. The summed E-state index contributed by atoms with van der Waals surface area (Å²) in [4.78, 5) is 0. The quantitative estimate of drug-likeness (QED) is 0.0563. The molecule has 0 heterocycles. The van der Waals surface area contributed by atoms with Gasteiger partial charge in [-0.3, -0.25) is 0 Å². The van der Waals surface area contributed by atoms with Gasteiger partial charge in [0.1, 0.15) is 0 Å². The predicted octanol–water partition coefficient (Wildman–Crippen LogP) is 14.5. The van der Waals surface area contributed by atoms with Crippen molar-refractivity contribution in [1.82, 2.24) is 0 Å². The zero-order valence-corrected chi connectivity index (χ0v) is 32.0. The normalized spacial score (nSPS) is 11.1. The third kappa shape index (κ3) is 39.3. The number of rotatable bonds is 30. The molecule has 0 radical (unpaired) electrons. The van der Waals surface area contributed by atoms with E-state index in [9.17, 15) is 0 Å². The lowest BCUT2D eigenvalue weighted by Crippen LogP contribution is -1.97. The van der Waals surface area contributed by atoms with Crippen molar-refractivity contribution in [3.05, 3.63) is 0 Å². The van der Waals surface area contributed by atoms with Gasteiger partial charge < -0.3 is 0 Å². The average molecular weight is 607 g/mol. The monoisotopic (exact) mass is 607 g/mol. The summed E-state index contributed by atoms with van der Waals surface area (Å²) in [7, 11) is 0.788. The molecule has 1 unspecified atom stereocenters. The van der Waals surface area contributed by atoms with Crippen molar-refractivity contribution in [2.24, 2.45) is 0 Å². The van der Waals surface area contributed by atoms with Gasteiger partial charge in [-0.1, -0.05) is 157 Å². The van der Waals surface area contributed by atoms with Crippen molar-refractivity contribution in [2.75, 3.05) is 37.0 Å². The number of hydrogen-bond acceptors (Lipinski definition) is 0. The molecule has 3 heteroatoms. The molecule has 0 saturated heterocycles. The highest BCUT2D eigenvalue weighted by molar-refractivity contribution is 7.57. The Bertz CT molecular complexity index is 330. The first kappa shape index (κ1) is 44.7. The highest BCUT2D eigenvalue weighted by atomic mass is 31.1. The van der Waals surface area contributed by atoms with Crippen molar-refractivity contribution < 1.29 is 0 Å². The molecule has 39 heavy (non-hydrogen) atoms. The van der Waals surface area contributed by atoms with Gasteiger partial charge in [-0.05, 0) is 75.5 Å². The maximum atomic E-state index is 2.32. The van der Waals surface area contributed by atoms with E-state index in [0.717, 1.165) is 0 Å². The van der Waals surface area contributed by atoms with Crippen LogP contribution in [0.3, 0.4) is 0 Å². The Hall–Kier alpha value is 1.29. The van der Waals surface area contributed by atoms with Crippen LogP contribution in [0, 0.1) is 0 Å². The third-order valence-corrected chi connectivity index (χ3v) is 13.7. The highest BCUT2D eigenvalue weighted by Crippen LogP contribution is 2.40. The van der Waals surface area contributed by atoms with E-state index < -0.39 is 0 Å². The molecular formula is C36H81P3. The zero-order valence-electron chi connectivity index (χ0n) is 28.8. The fourth-order valence-corrected chi connectivity index (χ4v) is 10.8. The first-order valence-corrected chi connectivity index (χ1v) is 21.9. The maximum absolute atomic E-state index is 2.32. The van der Waals surface area contributed by atoms with Crippen molar-refractivity contribution in [2.45, 2.75) is 196 Å². The summed E-state index contributed by atoms with van der Waals surface area (Å²) >= 11 is 0. The Kier molecular flexibility index (Phi) is 47.5. The molecule has 0 nitrogen and oxygen atoms in total. The Balaban J connectivity index is -0.000000783. The van der Waals surface area contributed by atoms with Crippen LogP contribution in [0.2, 0.25) is 0 Å². The fourth-order valence-electron chi connectivity index (χ4n) is 5.16. The highest BCUT2D eigenvalue weighted by Gasteiger charge is 2.08. The van der Waals surface area contributed by atoms with E-state index in [1.807, 2.05) is 0 Å². The lowest BCUT2D eigenvalue weighted by Gasteiger charge is -2.18. The summed E-state index contributed by atoms with van der Waals surface area (Å²) in [5.74, 6) is 0. The second-order valence-electron chi connectivity index (χ2n) is 12.0. The number of hydrogen-bond donors (Lipinski definition) is 0. The van der Waals surface area contributed by atoms with Crippen molar-refractivity contribution in [1.29, 1.82) is 0 Å². The molecule has 0 aromatic carbocycles. The molecule has 0 rings (SSSR count). The van der Waals surface area contributed by atoms with Crippen LogP contribution in [0.1, 0.15) is 196 Å². The summed E-state index contributed by atoms with van der Waals surface area (Å²) in [6, 6.07) is 0. The van der Waals surface area contributed by atoms with Crippen LogP contribution < -0.4 is 0 Å². The van der Waals surface area contributed by atoms with E-state index in [2.05, 4.69) is 41.5 Å². The van der Waals surface area contributed by atoms with Crippen LogP contribution in [0.15, 0.2) is 0 Å². The third-order valence-electron chi connectivity index (χ3n) is 7.97. The van der Waals surface area contributed by atoms with Gasteiger partial charge in [0, 0.05) is 0 Å². The number of unbranched alkanes of at least 4 members (excludes halogenated alkanes) is 18. The molecule has 0 aromatic rings. The lowest BCUT2D eigenvalue weighted by molar-refractivity contribution is 0.617. The molecule has 0 aliphatic rings. The van der Waals surface area contributed by atoms with Crippen LogP contribution in [-0.4, -0.2) is 37.0 Å². The topological polar surface area (TPSA) is 0 Å². The van der Waals surface area contributed by atoms with Gasteiger partial charge in [-0.15, -0.1) is 15.8 Å². The first-order chi connectivity index (χ1) is 18.7. The van der Waals surface area contributed by atoms with Gasteiger partial charge in [0.05, 0.1) is 0 Å². The molecule has 0 saturated carbocycles. The molecule has 240 valence electrons. The standard InChI is InChI=1S/C24H51P.C12H27P.H3P/c1-4-7-10-13-16-19-22-25(23-20-17-14-11-8-5-2)24-21-18-15-12-9-6-3;1-4-7-10-13(11-8-5-2)12-9-6-3;/h4-24H2,1-3H3;4-12H2,1-3H3;1H3. The molecule has 0 bridgehead atoms. The van der Waals surface area contributed by atoms with E-state index in [0.29, 0.717) is 15.8 Å². The fraction of sp³-hybridized carbons (Fsp3) is 1.00. The van der Waals surface area contributed by atoms with E-state index >= 15 is 0 Å². The van der Waals surface area contributed by atoms with Gasteiger partial charge in [0.2, 0.25) is 0 Å². The second-order valence-corrected chi connectivity index (χ2v) is 17.4.